The Morgan fingerprint density at radius 1 is 1.03 bits per heavy atom. The summed E-state index contributed by atoms with van der Waals surface area (Å²) in [4.78, 5) is 36.5. The van der Waals surface area contributed by atoms with E-state index >= 15 is 0 Å². The molecular weight excluding hydrogens is 410 g/mol. The molecule has 6 nitrogen and oxygen atoms in total. The number of amides is 1. The van der Waals surface area contributed by atoms with E-state index in [2.05, 4.69) is 18.0 Å². The zero-order chi connectivity index (χ0) is 21.8. The Kier molecular flexibility index (Phi) is 6.04. The molecule has 0 aliphatic rings. The van der Waals surface area contributed by atoms with Gasteiger partial charge >= 0.3 is 5.97 Å². The molecule has 156 valence electrons. The average Bonchev–Trinajstić information content (AvgIpc) is 3.25. The topological polar surface area (TPSA) is 72.4 Å². The van der Waals surface area contributed by atoms with Crippen molar-refractivity contribution in [3.05, 3.63) is 89.2 Å². The van der Waals surface area contributed by atoms with E-state index in [0.29, 0.717) is 5.13 Å². The van der Waals surface area contributed by atoms with Crippen LogP contribution in [0.15, 0.2) is 66.9 Å². The van der Waals surface area contributed by atoms with Gasteiger partial charge in [-0.05, 0) is 48.4 Å². The summed E-state index contributed by atoms with van der Waals surface area (Å²) in [5, 5.41) is 0.554. The molecule has 0 aliphatic carbocycles. The number of anilines is 1. The molecule has 0 spiro atoms. The summed E-state index contributed by atoms with van der Waals surface area (Å²) in [5.74, 6) is -0.889. The lowest BCUT2D eigenvalue weighted by atomic mass is 10.1. The average molecular weight is 432 g/mol. The van der Waals surface area contributed by atoms with Gasteiger partial charge in [-0.25, -0.2) is 9.78 Å². The molecule has 0 saturated heterocycles. The number of carbonyl (C=O) groups is 2. The molecule has 31 heavy (non-hydrogen) atoms. The molecule has 0 fully saturated rings. The van der Waals surface area contributed by atoms with Crippen molar-refractivity contribution in [1.29, 1.82) is 0 Å². The zero-order valence-electron chi connectivity index (χ0n) is 17.2. The Balaban J connectivity index is 1.80. The largest absolute Gasteiger partial charge is 0.465 e. The second-order valence-corrected chi connectivity index (χ2v) is 7.91. The molecule has 2 aromatic carbocycles. The Morgan fingerprint density at radius 2 is 1.81 bits per heavy atom. The highest BCUT2D eigenvalue weighted by atomic mass is 32.1. The fraction of sp³-hybridized carbons (Fsp3) is 0.167. The number of hydrogen-bond donors (Lipinski definition) is 0. The molecule has 2 heterocycles. The Hall–Kier alpha value is -3.58. The van der Waals surface area contributed by atoms with Gasteiger partial charge in [0.15, 0.2) is 5.13 Å². The Bertz CT molecular complexity index is 1240. The van der Waals surface area contributed by atoms with Gasteiger partial charge in [-0.1, -0.05) is 42.5 Å². The Labute approximate surface area is 184 Å². The van der Waals surface area contributed by atoms with Crippen molar-refractivity contribution in [2.45, 2.75) is 19.9 Å². The molecule has 4 rings (SSSR count). The van der Waals surface area contributed by atoms with E-state index < -0.39 is 5.97 Å². The van der Waals surface area contributed by atoms with Crippen molar-refractivity contribution in [3.63, 3.8) is 0 Å². The van der Waals surface area contributed by atoms with Crippen LogP contribution >= 0.6 is 11.3 Å². The van der Waals surface area contributed by atoms with Crippen molar-refractivity contribution in [2.75, 3.05) is 12.0 Å². The molecule has 7 heteroatoms. The Morgan fingerprint density at radius 3 is 2.52 bits per heavy atom. The molecule has 2 aromatic heterocycles. The number of thiazole rings is 1. The molecule has 4 aromatic rings. The van der Waals surface area contributed by atoms with Gasteiger partial charge < -0.3 is 4.74 Å². The number of pyridine rings is 1. The number of benzene rings is 2. The van der Waals surface area contributed by atoms with Gasteiger partial charge in [-0.2, -0.15) is 0 Å². The molecule has 0 saturated carbocycles. The lowest BCUT2D eigenvalue weighted by Crippen LogP contribution is -2.32. The summed E-state index contributed by atoms with van der Waals surface area (Å²) in [6.07, 6.45) is 2.61. The maximum absolute atomic E-state index is 13.6. The minimum Gasteiger partial charge on any atom is -0.465 e. The van der Waals surface area contributed by atoms with Gasteiger partial charge in [0.2, 0.25) is 0 Å². The quantitative estimate of drug-likeness (QED) is 0.407. The van der Waals surface area contributed by atoms with E-state index in [1.54, 1.807) is 35.4 Å². The molecule has 0 aliphatic heterocycles. The van der Waals surface area contributed by atoms with Gasteiger partial charge in [0.25, 0.3) is 5.91 Å². The maximum Gasteiger partial charge on any atom is 0.338 e. The lowest BCUT2D eigenvalue weighted by molar-refractivity contribution is 0.0597. The zero-order valence-corrected chi connectivity index (χ0v) is 18.1. The number of hydrogen-bond acceptors (Lipinski definition) is 6. The number of ether oxygens (including phenoxy) is 1. The molecule has 0 radical (unpaired) electrons. The highest BCUT2D eigenvalue weighted by molar-refractivity contribution is 7.22. The molecule has 1 amide bonds. The minimum absolute atomic E-state index is 0.218. The van der Waals surface area contributed by atoms with Crippen LogP contribution in [0.25, 0.3) is 10.2 Å². The first-order valence-corrected chi connectivity index (χ1v) is 10.7. The highest BCUT2D eigenvalue weighted by Gasteiger charge is 2.26. The van der Waals surface area contributed by atoms with Gasteiger partial charge in [0.05, 0.1) is 40.7 Å². The van der Waals surface area contributed by atoms with Crippen molar-refractivity contribution in [3.8, 4) is 0 Å². The van der Waals surface area contributed by atoms with Crippen LogP contribution in [0, 0.1) is 0 Å². The van der Waals surface area contributed by atoms with E-state index in [-0.39, 0.29) is 23.6 Å². The monoisotopic (exact) mass is 431 g/mol. The van der Waals surface area contributed by atoms with E-state index in [0.717, 1.165) is 22.3 Å². The summed E-state index contributed by atoms with van der Waals surface area (Å²) >= 11 is 1.45. The summed E-state index contributed by atoms with van der Waals surface area (Å²) in [7, 11) is 1.30. The van der Waals surface area contributed by atoms with Crippen molar-refractivity contribution in [2.24, 2.45) is 0 Å². The third-order valence-corrected chi connectivity index (χ3v) is 5.98. The number of rotatable bonds is 6. The molecule has 0 atom stereocenters. The number of methoxy groups -OCH3 is 1. The molecular formula is C24H21N3O3S. The number of aromatic nitrogens is 2. The molecule has 0 unspecified atom stereocenters. The third kappa shape index (κ3) is 4.32. The molecule has 0 bridgehead atoms. The first kappa shape index (κ1) is 20.7. The SMILES string of the molecule is CCc1ccc2nc(N(Cc3ccccn3)C(=O)c3ccccc3C(=O)OC)sc2c1. The maximum atomic E-state index is 13.6. The second kappa shape index (κ2) is 9.06. The number of carbonyl (C=O) groups excluding carboxylic acids is 2. The normalized spacial score (nSPS) is 10.8. The van der Waals surface area contributed by atoms with Gasteiger partial charge in [0, 0.05) is 6.20 Å². The van der Waals surface area contributed by atoms with Crippen LogP contribution in [0.4, 0.5) is 5.13 Å². The fourth-order valence-corrected chi connectivity index (χ4v) is 4.30. The van der Waals surface area contributed by atoms with Crippen LogP contribution in [0.5, 0.6) is 0 Å². The fourth-order valence-electron chi connectivity index (χ4n) is 3.28. The van der Waals surface area contributed by atoms with Crippen LogP contribution in [-0.2, 0) is 17.7 Å². The number of aryl methyl sites for hydroxylation is 1. The van der Waals surface area contributed by atoms with E-state index in [4.69, 9.17) is 9.72 Å². The number of nitrogens with zero attached hydrogens (tertiary/aromatic N) is 3. The summed E-state index contributed by atoms with van der Waals surface area (Å²) in [6, 6.07) is 18.3. The van der Waals surface area contributed by atoms with Crippen molar-refractivity contribution in [1.82, 2.24) is 9.97 Å². The number of fused-ring (bicyclic) bond motifs is 1. The van der Waals surface area contributed by atoms with Gasteiger partial charge in [-0.3, -0.25) is 14.7 Å². The highest BCUT2D eigenvalue weighted by Crippen LogP contribution is 2.32. The first-order valence-electron chi connectivity index (χ1n) is 9.89. The van der Waals surface area contributed by atoms with Crippen molar-refractivity contribution < 1.29 is 14.3 Å². The second-order valence-electron chi connectivity index (χ2n) is 6.90. The van der Waals surface area contributed by atoms with Gasteiger partial charge in [0.1, 0.15) is 0 Å². The molecule has 0 N–H and O–H groups in total. The van der Waals surface area contributed by atoms with Crippen molar-refractivity contribution >= 4 is 38.6 Å². The summed E-state index contributed by atoms with van der Waals surface area (Å²) in [5.41, 5.74) is 3.24. The van der Waals surface area contributed by atoms with Crippen LogP contribution in [0.2, 0.25) is 0 Å². The van der Waals surface area contributed by atoms with E-state index in [1.807, 2.05) is 30.3 Å². The van der Waals surface area contributed by atoms with Crippen LogP contribution in [-0.4, -0.2) is 29.0 Å². The predicted octanol–water partition coefficient (Wildman–Crippen LogP) is 4.89. The number of esters is 1. The van der Waals surface area contributed by atoms with E-state index in [9.17, 15) is 9.59 Å². The summed E-state index contributed by atoms with van der Waals surface area (Å²) in [6.45, 7) is 2.33. The van der Waals surface area contributed by atoms with Crippen LogP contribution < -0.4 is 4.90 Å². The third-order valence-electron chi connectivity index (χ3n) is 4.93. The standard InChI is InChI=1S/C24H21N3O3S/c1-3-16-11-12-20-21(14-16)31-24(26-20)27(15-17-8-6-7-13-25-17)22(28)18-9-4-5-10-19(18)23(29)30-2/h4-14H,3,15H2,1-2H3. The smallest absolute Gasteiger partial charge is 0.338 e. The van der Waals surface area contributed by atoms with Gasteiger partial charge in [-0.15, -0.1) is 0 Å². The van der Waals surface area contributed by atoms with E-state index in [1.165, 1.54) is 24.0 Å². The van der Waals surface area contributed by atoms with Crippen LogP contribution in [0.3, 0.4) is 0 Å². The first-order chi connectivity index (χ1) is 15.1. The minimum atomic E-state index is -0.557. The van der Waals surface area contributed by atoms with Crippen LogP contribution in [0.1, 0.15) is 38.9 Å². The lowest BCUT2D eigenvalue weighted by Gasteiger charge is -2.20. The summed E-state index contributed by atoms with van der Waals surface area (Å²) < 4.78 is 5.88. The predicted molar refractivity (Wildman–Crippen MR) is 122 cm³/mol.